The minimum Gasteiger partial charge on any atom is -0.368 e. The molecule has 0 bridgehead atoms. The molecular weight excluding hydrogens is 383 g/mol. The standard InChI is InChI=1S/C23H23FN4O2/c24-19-3-1-2-16(14-19)15-21(29)28-12-10-27(11-13-28)20-8-6-17(7-9-20)22-25-23(30-26-22)18-4-5-18/h1-3,6-9,14,18H,4-5,10-13,15H2. The summed E-state index contributed by atoms with van der Waals surface area (Å²) in [6.45, 7) is 2.85. The van der Waals surface area contributed by atoms with E-state index in [1.54, 1.807) is 12.1 Å². The summed E-state index contributed by atoms with van der Waals surface area (Å²) >= 11 is 0. The van der Waals surface area contributed by atoms with Crippen molar-refractivity contribution in [1.82, 2.24) is 15.0 Å². The number of benzene rings is 2. The Morgan fingerprint density at radius 3 is 2.53 bits per heavy atom. The summed E-state index contributed by atoms with van der Waals surface area (Å²) in [5.74, 6) is 1.56. The summed E-state index contributed by atoms with van der Waals surface area (Å²) in [7, 11) is 0. The Bertz CT molecular complexity index is 1040. The van der Waals surface area contributed by atoms with Gasteiger partial charge in [-0.25, -0.2) is 4.39 Å². The highest BCUT2D eigenvalue weighted by molar-refractivity contribution is 5.79. The highest BCUT2D eigenvalue weighted by atomic mass is 19.1. The van der Waals surface area contributed by atoms with Crippen LogP contribution in [0, 0.1) is 5.82 Å². The van der Waals surface area contributed by atoms with E-state index in [4.69, 9.17) is 4.52 Å². The lowest BCUT2D eigenvalue weighted by molar-refractivity contribution is -0.130. The molecule has 2 heterocycles. The molecule has 1 aliphatic carbocycles. The largest absolute Gasteiger partial charge is 0.368 e. The van der Waals surface area contributed by atoms with E-state index in [-0.39, 0.29) is 18.1 Å². The predicted molar refractivity (Wildman–Crippen MR) is 111 cm³/mol. The normalized spacial score (nSPS) is 16.7. The fourth-order valence-electron chi connectivity index (χ4n) is 3.82. The van der Waals surface area contributed by atoms with Crippen molar-refractivity contribution in [1.29, 1.82) is 0 Å². The molecule has 30 heavy (non-hydrogen) atoms. The van der Waals surface area contributed by atoms with Crippen LogP contribution in [-0.4, -0.2) is 47.1 Å². The van der Waals surface area contributed by atoms with E-state index < -0.39 is 0 Å². The molecule has 2 aliphatic rings. The zero-order valence-electron chi connectivity index (χ0n) is 16.6. The van der Waals surface area contributed by atoms with Gasteiger partial charge in [0.15, 0.2) is 0 Å². The van der Waals surface area contributed by atoms with Gasteiger partial charge in [-0.3, -0.25) is 4.79 Å². The Labute approximate surface area is 174 Å². The van der Waals surface area contributed by atoms with Gasteiger partial charge in [0.2, 0.25) is 17.6 Å². The van der Waals surface area contributed by atoms with Crippen LogP contribution in [0.5, 0.6) is 0 Å². The van der Waals surface area contributed by atoms with Crippen LogP contribution in [0.15, 0.2) is 53.1 Å². The fraction of sp³-hybridized carbons (Fsp3) is 0.348. The third kappa shape index (κ3) is 4.06. The first-order valence-electron chi connectivity index (χ1n) is 10.4. The first-order valence-corrected chi connectivity index (χ1v) is 10.4. The summed E-state index contributed by atoms with van der Waals surface area (Å²) in [5.41, 5.74) is 2.77. The van der Waals surface area contributed by atoms with Crippen LogP contribution in [0.25, 0.3) is 11.4 Å². The third-order valence-electron chi connectivity index (χ3n) is 5.74. The van der Waals surface area contributed by atoms with Gasteiger partial charge < -0.3 is 14.3 Å². The van der Waals surface area contributed by atoms with E-state index in [1.165, 1.54) is 12.1 Å². The quantitative estimate of drug-likeness (QED) is 0.647. The van der Waals surface area contributed by atoms with Crippen LogP contribution >= 0.6 is 0 Å². The van der Waals surface area contributed by atoms with Crippen molar-refractivity contribution in [2.45, 2.75) is 25.2 Å². The maximum absolute atomic E-state index is 13.3. The molecule has 154 valence electrons. The van der Waals surface area contributed by atoms with Crippen LogP contribution < -0.4 is 4.90 Å². The van der Waals surface area contributed by atoms with Crippen LogP contribution in [0.3, 0.4) is 0 Å². The molecule has 7 heteroatoms. The maximum Gasteiger partial charge on any atom is 0.230 e. The topological polar surface area (TPSA) is 62.5 Å². The SMILES string of the molecule is O=C(Cc1cccc(F)c1)N1CCN(c2ccc(-c3noc(C4CC4)n3)cc2)CC1. The molecule has 0 atom stereocenters. The van der Waals surface area contributed by atoms with Crippen molar-refractivity contribution in [3.05, 3.63) is 65.8 Å². The van der Waals surface area contributed by atoms with Gasteiger partial charge in [-0.2, -0.15) is 4.98 Å². The lowest BCUT2D eigenvalue weighted by Crippen LogP contribution is -2.49. The molecule has 1 saturated carbocycles. The average Bonchev–Trinajstić information content (AvgIpc) is 3.51. The van der Waals surface area contributed by atoms with Crippen LogP contribution in [-0.2, 0) is 11.2 Å². The van der Waals surface area contributed by atoms with Gasteiger partial charge in [0.25, 0.3) is 0 Å². The predicted octanol–water partition coefficient (Wildman–Crippen LogP) is 3.64. The molecule has 1 aliphatic heterocycles. The Morgan fingerprint density at radius 1 is 1.07 bits per heavy atom. The van der Waals surface area contributed by atoms with E-state index in [1.807, 2.05) is 17.0 Å². The highest BCUT2D eigenvalue weighted by Gasteiger charge is 2.29. The summed E-state index contributed by atoms with van der Waals surface area (Å²) < 4.78 is 18.7. The lowest BCUT2D eigenvalue weighted by atomic mass is 10.1. The summed E-state index contributed by atoms with van der Waals surface area (Å²) in [4.78, 5) is 21.2. The van der Waals surface area contributed by atoms with Crippen molar-refractivity contribution in [3.8, 4) is 11.4 Å². The maximum atomic E-state index is 13.3. The van der Waals surface area contributed by atoms with E-state index in [2.05, 4.69) is 27.2 Å². The van der Waals surface area contributed by atoms with Gasteiger partial charge in [-0.1, -0.05) is 17.3 Å². The van der Waals surface area contributed by atoms with E-state index >= 15 is 0 Å². The Hall–Kier alpha value is -3.22. The van der Waals surface area contributed by atoms with Crippen molar-refractivity contribution < 1.29 is 13.7 Å². The molecule has 1 aromatic heterocycles. The molecular formula is C23H23FN4O2. The van der Waals surface area contributed by atoms with E-state index in [0.717, 1.165) is 43.1 Å². The fourth-order valence-corrected chi connectivity index (χ4v) is 3.82. The number of halogens is 1. The molecule has 0 N–H and O–H groups in total. The van der Waals surface area contributed by atoms with E-state index in [9.17, 15) is 9.18 Å². The van der Waals surface area contributed by atoms with Crippen LogP contribution in [0.2, 0.25) is 0 Å². The number of nitrogens with zero attached hydrogens (tertiary/aromatic N) is 4. The van der Waals surface area contributed by atoms with Gasteiger partial charge in [0.05, 0.1) is 6.42 Å². The smallest absolute Gasteiger partial charge is 0.230 e. The zero-order chi connectivity index (χ0) is 20.5. The summed E-state index contributed by atoms with van der Waals surface area (Å²) in [6.07, 6.45) is 2.51. The van der Waals surface area contributed by atoms with Crippen molar-refractivity contribution in [2.75, 3.05) is 31.1 Å². The van der Waals surface area contributed by atoms with Gasteiger partial charge in [-0.05, 0) is 54.8 Å². The summed E-state index contributed by atoms with van der Waals surface area (Å²) in [5, 5.41) is 4.09. The third-order valence-corrected chi connectivity index (χ3v) is 5.74. The number of aromatic nitrogens is 2. The second-order valence-electron chi connectivity index (χ2n) is 7.95. The van der Waals surface area contributed by atoms with Gasteiger partial charge in [-0.15, -0.1) is 0 Å². The highest BCUT2D eigenvalue weighted by Crippen LogP contribution is 2.39. The Balaban J connectivity index is 1.17. The van der Waals surface area contributed by atoms with Gasteiger partial charge in [0.1, 0.15) is 5.82 Å². The second kappa shape index (κ2) is 7.89. The molecule has 1 saturated heterocycles. The number of hydrogen-bond donors (Lipinski definition) is 0. The first kappa shape index (κ1) is 18.8. The Kier molecular flexibility index (Phi) is 4.94. The molecule has 2 aromatic carbocycles. The first-order chi connectivity index (χ1) is 14.7. The van der Waals surface area contributed by atoms with Crippen molar-refractivity contribution >= 4 is 11.6 Å². The van der Waals surface area contributed by atoms with Gasteiger partial charge >= 0.3 is 0 Å². The molecule has 3 aromatic rings. The number of amides is 1. The molecule has 1 amide bonds. The zero-order valence-corrected chi connectivity index (χ0v) is 16.6. The number of piperazine rings is 1. The van der Waals surface area contributed by atoms with Crippen molar-refractivity contribution in [2.24, 2.45) is 0 Å². The molecule has 0 spiro atoms. The number of anilines is 1. The lowest BCUT2D eigenvalue weighted by Gasteiger charge is -2.36. The number of carbonyl (C=O) groups excluding carboxylic acids is 1. The van der Waals surface area contributed by atoms with Crippen LogP contribution in [0.1, 0.15) is 30.2 Å². The Morgan fingerprint density at radius 2 is 1.83 bits per heavy atom. The second-order valence-corrected chi connectivity index (χ2v) is 7.95. The monoisotopic (exact) mass is 406 g/mol. The molecule has 0 radical (unpaired) electrons. The minimum atomic E-state index is -0.307. The molecule has 0 unspecified atom stereocenters. The number of rotatable bonds is 5. The number of hydrogen-bond acceptors (Lipinski definition) is 5. The van der Waals surface area contributed by atoms with Crippen LogP contribution in [0.4, 0.5) is 10.1 Å². The molecule has 2 fully saturated rings. The van der Waals surface area contributed by atoms with Gasteiger partial charge in [0, 0.05) is 43.3 Å². The average molecular weight is 406 g/mol. The van der Waals surface area contributed by atoms with E-state index in [0.29, 0.717) is 30.4 Å². The summed E-state index contributed by atoms with van der Waals surface area (Å²) in [6, 6.07) is 14.4. The van der Waals surface area contributed by atoms with Crippen molar-refractivity contribution in [3.63, 3.8) is 0 Å². The molecule has 5 rings (SSSR count). The molecule has 6 nitrogen and oxygen atoms in total. The number of carbonyl (C=O) groups is 1. The minimum absolute atomic E-state index is 0.0409.